The molecule has 0 bridgehead atoms. The molecule has 2 rings (SSSR count). The summed E-state index contributed by atoms with van der Waals surface area (Å²) in [4.78, 5) is 8.23. The summed E-state index contributed by atoms with van der Waals surface area (Å²) < 4.78 is 4.98. The summed E-state index contributed by atoms with van der Waals surface area (Å²) in [6.45, 7) is 2.91. The predicted molar refractivity (Wildman–Crippen MR) is 54.2 cm³/mol. The normalized spacial score (nSPS) is 10.4. The fourth-order valence-electron chi connectivity index (χ4n) is 0.954. The highest BCUT2D eigenvalue weighted by molar-refractivity contribution is 7.07. The van der Waals surface area contributed by atoms with Crippen molar-refractivity contribution < 1.29 is 4.52 Å². The van der Waals surface area contributed by atoms with Gasteiger partial charge in [-0.3, -0.25) is 0 Å². The van der Waals surface area contributed by atoms with Crippen LogP contribution in [0.1, 0.15) is 13.3 Å². The molecule has 0 aliphatic heterocycles. The van der Waals surface area contributed by atoms with Crippen LogP contribution < -0.4 is 5.32 Å². The first-order chi connectivity index (χ1) is 6.90. The van der Waals surface area contributed by atoms with E-state index in [1.54, 1.807) is 5.51 Å². The van der Waals surface area contributed by atoms with Gasteiger partial charge in [-0.05, 0) is 6.42 Å². The summed E-state index contributed by atoms with van der Waals surface area (Å²) >= 11 is 1.51. The lowest BCUT2D eigenvalue weighted by Gasteiger charge is -1.93. The number of nitrogens with one attached hydrogen (secondary N) is 1. The Labute approximate surface area is 85.2 Å². The minimum Gasteiger partial charge on any atom is -0.338 e. The predicted octanol–water partition coefficient (Wildman–Crippen LogP) is 2.01. The van der Waals surface area contributed by atoms with Gasteiger partial charge in [0, 0.05) is 11.9 Å². The lowest BCUT2D eigenvalue weighted by atomic mass is 10.5. The highest BCUT2D eigenvalue weighted by Crippen LogP contribution is 2.16. The van der Waals surface area contributed by atoms with Gasteiger partial charge in [0.15, 0.2) is 0 Å². The maximum absolute atomic E-state index is 4.98. The number of aromatic nitrogens is 3. The summed E-state index contributed by atoms with van der Waals surface area (Å²) in [5.41, 5.74) is 2.49. The Balaban J connectivity index is 2.10. The van der Waals surface area contributed by atoms with Crippen molar-refractivity contribution >= 4 is 17.4 Å². The molecule has 0 amide bonds. The molecule has 0 radical (unpaired) electrons. The van der Waals surface area contributed by atoms with Gasteiger partial charge < -0.3 is 9.84 Å². The monoisotopic (exact) mass is 210 g/mol. The van der Waals surface area contributed by atoms with Gasteiger partial charge in [0.25, 0.3) is 0 Å². The molecule has 74 valence electrons. The molecular weight excluding hydrogens is 200 g/mol. The Morgan fingerprint density at radius 3 is 3.21 bits per heavy atom. The zero-order chi connectivity index (χ0) is 9.80. The van der Waals surface area contributed by atoms with Crippen molar-refractivity contribution in [3.8, 4) is 11.5 Å². The molecule has 0 aliphatic carbocycles. The van der Waals surface area contributed by atoms with Gasteiger partial charge in [0.05, 0.1) is 5.51 Å². The number of anilines is 1. The molecule has 0 atom stereocenters. The molecule has 6 heteroatoms. The first-order valence-electron chi connectivity index (χ1n) is 4.36. The summed E-state index contributed by atoms with van der Waals surface area (Å²) in [5.74, 6) is 0.532. The zero-order valence-corrected chi connectivity index (χ0v) is 8.54. The molecule has 0 spiro atoms. The van der Waals surface area contributed by atoms with Gasteiger partial charge in [-0.25, -0.2) is 4.98 Å². The highest BCUT2D eigenvalue weighted by Gasteiger charge is 2.08. The van der Waals surface area contributed by atoms with Crippen molar-refractivity contribution in [1.29, 1.82) is 0 Å². The minimum atomic E-state index is 0.454. The number of nitrogens with zero attached hydrogens (tertiary/aromatic N) is 3. The van der Waals surface area contributed by atoms with Crippen LogP contribution in [-0.2, 0) is 0 Å². The third kappa shape index (κ3) is 1.90. The number of thiazole rings is 1. The Morgan fingerprint density at radius 1 is 1.57 bits per heavy atom. The van der Waals surface area contributed by atoms with Crippen LogP contribution in [0, 0.1) is 0 Å². The molecule has 0 unspecified atom stereocenters. The van der Waals surface area contributed by atoms with E-state index in [1.807, 2.05) is 5.38 Å². The molecule has 0 aromatic carbocycles. The fraction of sp³-hybridized carbons (Fsp3) is 0.375. The van der Waals surface area contributed by atoms with Gasteiger partial charge >= 0.3 is 6.01 Å². The smallest absolute Gasteiger partial charge is 0.321 e. The second-order valence-corrected chi connectivity index (χ2v) is 3.44. The van der Waals surface area contributed by atoms with Crippen LogP contribution in [0.25, 0.3) is 11.5 Å². The third-order valence-corrected chi connectivity index (χ3v) is 2.20. The summed E-state index contributed by atoms with van der Waals surface area (Å²) in [5, 5.41) is 8.70. The minimum absolute atomic E-state index is 0.454. The van der Waals surface area contributed by atoms with Crippen LogP contribution in [0.5, 0.6) is 0 Å². The lowest BCUT2D eigenvalue weighted by molar-refractivity contribution is 0.432. The first-order valence-corrected chi connectivity index (χ1v) is 5.30. The van der Waals surface area contributed by atoms with E-state index in [1.165, 1.54) is 11.3 Å². The van der Waals surface area contributed by atoms with Crippen LogP contribution in [0.3, 0.4) is 0 Å². The summed E-state index contributed by atoms with van der Waals surface area (Å²) in [7, 11) is 0. The Hall–Kier alpha value is -1.43. The van der Waals surface area contributed by atoms with Gasteiger partial charge in [0.2, 0.25) is 5.82 Å². The van der Waals surface area contributed by atoms with Gasteiger partial charge in [-0.1, -0.05) is 12.1 Å². The average molecular weight is 210 g/mol. The molecule has 2 aromatic heterocycles. The van der Waals surface area contributed by atoms with E-state index < -0.39 is 0 Å². The molecule has 0 saturated heterocycles. The molecule has 14 heavy (non-hydrogen) atoms. The summed E-state index contributed by atoms with van der Waals surface area (Å²) in [6.07, 6.45) is 1.02. The standard InChI is InChI=1S/C8H10N4OS/c1-2-3-9-8-11-7(12-13-8)6-4-14-5-10-6/h4-5H,2-3H2,1H3,(H,9,11,12). The molecule has 0 aliphatic rings. The van der Waals surface area contributed by atoms with E-state index in [-0.39, 0.29) is 0 Å². The highest BCUT2D eigenvalue weighted by atomic mass is 32.1. The molecule has 5 nitrogen and oxygen atoms in total. The fourth-order valence-corrected chi connectivity index (χ4v) is 1.48. The molecule has 2 heterocycles. The topological polar surface area (TPSA) is 63.8 Å². The van der Waals surface area contributed by atoms with Crippen LogP contribution >= 0.6 is 11.3 Å². The van der Waals surface area contributed by atoms with E-state index in [0.717, 1.165) is 18.7 Å². The molecular formula is C8H10N4OS. The SMILES string of the molecule is CCCNc1nc(-c2cscn2)no1. The third-order valence-electron chi connectivity index (χ3n) is 1.61. The first kappa shape index (κ1) is 9.14. The van der Waals surface area contributed by atoms with Gasteiger partial charge in [-0.2, -0.15) is 4.98 Å². The number of hydrogen-bond acceptors (Lipinski definition) is 6. The van der Waals surface area contributed by atoms with E-state index in [9.17, 15) is 0 Å². The van der Waals surface area contributed by atoms with Crippen LogP contribution in [0.15, 0.2) is 15.4 Å². The van der Waals surface area contributed by atoms with E-state index >= 15 is 0 Å². The van der Waals surface area contributed by atoms with E-state index in [0.29, 0.717) is 11.8 Å². The lowest BCUT2D eigenvalue weighted by Crippen LogP contribution is -1.99. The van der Waals surface area contributed by atoms with Crippen molar-refractivity contribution in [1.82, 2.24) is 15.1 Å². The quantitative estimate of drug-likeness (QED) is 0.836. The van der Waals surface area contributed by atoms with Crippen LogP contribution in [0.2, 0.25) is 0 Å². The molecule has 0 fully saturated rings. The van der Waals surface area contributed by atoms with Crippen molar-refractivity contribution in [3.63, 3.8) is 0 Å². The maximum Gasteiger partial charge on any atom is 0.321 e. The van der Waals surface area contributed by atoms with Crippen molar-refractivity contribution in [2.75, 3.05) is 11.9 Å². The largest absolute Gasteiger partial charge is 0.338 e. The number of rotatable bonds is 4. The van der Waals surface area contributed by atoms with Crippen LogP contribution in [-0.4, -0.2) is 21.7 Å². The zero-order valence-electron chi connectivity index (χ0n) is 7.73. The van der Waals surface area contributed by atoms with Crippen molar-refractivity contribution in [2.24, 2.45) is 0 Å². The van der Waals surface area contributed by atoms with E-state index in [4.69, 9.17) is 4.52 Å². The molecule has 2 aromatic rings. The van der Waals surface area contributed by atoms with E-state index in [2.05, 4.69) is 27.4 Å². The maximum atomic E-state index is 4.98. The Bertz CT molecular complexity index is 384. The second kappa shape index (κ2) is 4.19. The van der Waals surface area contributed by atoms with Gasteiger partial charge in [0.1, 0.15) is 5.69 Å². The molecule has 1 N–H and O–H groups in total. The Kier molecular flexibility index (Phi) is 2.73. The second-order valence-electron chi connectivity index (χ2n) is 2.72. The summed E-state index contributed by atoms with van der Waals surface area (Å²) in [6, 6.07) is 0.454. The Morgan fingerprint density at radius 2 is 2.50 bits per heavy atom. The van der Waals surface area contributed by atoms with Gasteiger partial charge in [-0.15, -0.1) is 11.3 Å². The number of hydrogen-bond donors (Lipinski definition) is 1. The van der Waals surface area contributed by atoms with Crippen LogP contribution in [0.4, 0.5) is 6.01 Å². The molecule has 0 saturated carbocycles. The average Bonchev–Trinajstić information content (AvgIpc) is 2.85. The van der Waals surface area contributed by atoms with Crippen molar-refractivity contribution in [2.45, 2.75) is 13.3 Å². The van der Waals surface area contributed by atoms with Crippen molar-refractivity contribution in [3.05, 3.63) is 10.9 Å².